The van der Waals surface area contributed by atoms with Crippen molar-refractivity contribution >= 4 is 35.0 Å². The summed E-state index contributed by atoms with van der Waals surface area (Å²) in [6.45, 7) is 7.90. The molecule has 0 fully saturated rings. The number of amides is 2. The quantitative estimate of drug-likeness (QED) is 0.374. The Morgan fingerprint density at radius 1 is 1.09 bits per heavy atom. The van der Waals surface area contributed by atoms with Crippen LogP contribution < -0.4 is 10.6 Å². The molecule has 0 saturated heterocycles. The molecule has 9 heteroatoms. The standard InChI is InChI=1S/C23H24FN5O2S/c1-4-13-29-20(14-21(30)25-18-11-7-17(24)8-12-18)27-28-23(29)32-16(3)22(31)26-19-9-5-15(2)6-10-19/h4-12,16H,1,13-14H2,2-3H3,(H,25,30)(H,26,31). The van der Waals surface area contributed by atoms with Crippen molar-refractivity contribution in [3.63, 3.8) is 0 Å². The monoisotopic (exact) mass is 453 g/mol. The number of benzene rings is 2. The lowest BCUT2D eigenvalue weighted by molar-refractivity contribution is -0.116. The van der Waals surface area contributed by atoms with Crippen molar-refractivity contribution in [1.29, 1.82) is 0 Å². The van der Waals surface area contributed by atoms with Gasteiger partial charge in [0.05, 0.1) is 11.7 Å². The number of nitrogens with one attached hydrogen (secondary N) is 2. The van der Waals surface area contributed by atoms with Crippen LogP contribution in [0.3, 0.4) is 0 Å². The van der Waals surface area contributed by atoms with E-state index in [1.165, 1.54) is 36.0 Å². The summed E-state index contributed by atoms with van der Waals surface area (Å²) in [6, 6.07) is 13.1. The molecule has 2 aromatic carbocycles. The summed E-state index contributed by atoms with van der Waals surface area (Å²) in [6.07, 6.45) is 1.65. The van der Waals surface area contributed by atoms with E-state index in [4.69, 9.17) is 0 Å². The molecule has 0 bridgehead atoms. The third-order valence-corrected chi connectivity index (χ3v) is 5.60. The SMILES string of the molecule is C=CCn1c(CC(=O)Nc2ccc(F)cc2)nnc1SC(C)C(=O)Nc1ccc(C)cc1. The van der Waals surface area contributed by atoms with E-state index < -0.39 is 5.25 Å². The summed E-state index contributed by atoms with van der Waals surface area (Å²) in [4.78, 5) is 25.0. The zero-order valence-corrected chi connectivity index (χ0v) is 18.7. The van der Waals surface area contributed by atoms with Crippen molar-refractivity contribution in [1.82, 2.24) is 14.8 Å². The number of allylic oxidation sites excluding steroid dienone is 1. The Hall–Kier alpha value is -3.46. The van der Waals surface area contributed by atoms with Crippen molar-refractivity contribution in [2.75, 3.05) is 10.6 Å². The molecular weight excluding hydrogens is 429 g/mol. The first kappa shape index (κ1) is 23.2. The van der Waals surface area contributed by atoms with Gasteiger partial charge in [0, 0.05) is 17.9 Å². The number of carbonyl (C=O) groups excluding carboxylic acids is 2. The number of rotatable bonds is 9. The molecule has 0 saturated carbocycles. The maximum absolute atomic E-state index is 13.0. The van der Waals surface area contributed by atoms with E-state index >= 15 is 0 Å². The van der Waals surface area contributed by atoms with Crippen LogP contribution >= 0.6 is 11.8 Å². The van der Waals surface area contributed by atoms with Crippen LogP contribution in [0, 0.1) is 12.7 Å². The maximum atomic E-state index is 13.0. The third kappa shape index (κ3) is 6.27. The summed E-state index contributed by atoms with van der Waals surface area (Å²) >= 11 is 1.25. The van der Waals surface area contributed by atoms with E-state index in [0.29, 0.717) is 23.2 Å². The number of aromatic nitrogens is 3. The Kier molecular flexibility index (Phi) is 7.77. The van der Waals surface area contributed by atoms with Crippen molar-refractivity contribution in [3.8, 4) is 0 Å². The summed E-state index contributed by atoms with van der Waals surface area (Å²) in [5.74, 6) is -0.410. The van der Waals surface area contributed by atoms with Gasteiger partial charge in [0.25, 0.3) is 0 Å². The first-order valence-electron chi connectivity index (χ1n) is 9.98. The van der Waals surface area contributed by atoms with Crippen LogP contribution in [0.25, 0.3) is 0 Å². The number of hydrogen-bond donors (Lipinski definition) is 2. The molecule has 0 radical (unpaired) electrons. The molecule has 2 amide bonds. The van der Waals surface area contributed by atoms with Gasteiger partial charge in [-0.25, -0.2) is 4.39 Å². The summed E-state index contributed by atoms with van der Waals surface area (Å²) < 4.78 is 14.8. The summed E-state index contributed by atoms with van der Waals surface area (Å²) in [5, 5.41) is 14.0. The highest BCUT2D eigenvalue weighted by molar-refractivity contribution is 8.00. The predicted molar refractivity (Wildman–Crippen MR) is 124 cm³/mol. The van der Waals surface area contributed by atoms with Crippen LogP contribution in [0.15, 0.2) is 66.3 Å². The van der Waals surface area contributed by atoms with Crippen molar-refractivity contribution in [2.45, 2.75) is 37.2 Å². The van der Waals surface area contributed by atoms with Crippen molar-refractivity contribution < 1.29 is 14.0 Å². The number of carbonyl (C=O) groups is 2. The molecule has 0 aliphatic rings. The average molecular weight is 454 g/mol. The van der Waals surface area contributed by atoms with Crippen molar-refractivity contribution in [2.24, 2.45) is 0 Å². The minimum Gasteiger partial charge on any atom is -0.326 e. The molecule has 166 valence electrons. The molecule has 32 heavy (non-hydrogen) atoms. The normalized spacial score (nSPS) is 11.6. The first-order valence-corrected chi connectivity index (χ1v) is 10.9. The highest BCUT2D eigenvalue weighted by Crippen LogP contribution is 2.24. The minimum absolute atomic E-state index is 0.0251. The lowest BCUT2D eigenvalue weighted by atomic mass is 10.2. The van der Waals surface area contributed by atoms with Crippen LogP contribution in [0.5, 0.6) is 0 Å². The van der Waals surface area contributed by atoms with Crippen molar-refractivity contribution in [3.05, 3.63) is 78.4 Å². The predicted octanol–water partition coefficient (Wildman–Crippen LogP) is 4.21. The van der Waals surface area contributed by atoms with Crippen LogP contribution in [-0.2, 0) is 22.6 Å². The molecule has 1 heterocycles. The van der Waals surface area contributed by atoms with Crippen LogP contribution in [0.4, 0.5) is 15.8 Å². The number of nitrogens with zero attached hydrogens (tertiary/aromatic N) is 3. The fraction of sp³-hybridized carbons (Fsp3) is 0.217. The molecule has 0 spiro atoms. The smallest absolute Gasteiger partial charge is 0.237 e. The van der Waals surface area contributed by atoms with Gasteiger partial charge in [-0.2, -0.15) is 0 Å². The fourth-order valence-corrected chi connectivity index (χ4v) is 3.70. The third-order valence-electron chi connectivity index (χ3n) is 4.52. The van der Waals surface area contributed by atoms with E-state index in [1.807, 2.05) is 31.2 Å². The second-order valence-corrected chi connectivity index (χ2v) is 8.45. The number of hydrogen-bond acceptors (Lipinski definition) is 5. The summed E-state index contributed by atoms with van der Waals surface area (Å²) in [7, 11) is 0. The highest BCUT2D eigenvalue weighted by Gasteiger charge is 2.21. The van der Waals surface area contributed by atoms with Gasteiger partial charge in [0.2, 0.25) is 11.8 Å². The minimum atomic E-state index is -0.440. The van der Waals surface area contributed by atoms with E-state index in [-0.39, 0.29) is 24.1 Å². The molecule has 1 aromatic heterocycles. The Bertz CT molecular complexity index is 1100. The Balaban J connectivity index is 1.65. The van der Waals surface area contributed by atoms with Gasteiger partial charge >= 0.3 is 0 Å². The number of thioether (sulfide) groups is 1. The van der Waals surface area contributed by atoms with Crippen LogP contribution in [0.2, 0.25) is 0 Å². The van der Waals surface area contributed by atoms with E-state index in [2.05, 4.69) is 27.4 Å². The van der Waals surface area contributed by atoms with E-state index in [1.54, 1.807) is 17.6 Å². The lowest BCUT2D eigenvalue weighted by Crippen LogP contribution is -2.23. The number of aryl methyl sites for hydroxylation is 1. The van der Waals surface area contributed by atoms with Gasteiger partial charge in [-0.05, 0) is 50.2 Å². The molecule has 0 aliphatic carbocycles. The largest absolute Gasteiger partial charge is 0.326 e. The summed E-state index contributed by atoms with van der Waals surface area (Å²) in [5.41, 5.74) is 2.32. The Morgan fingerprint density at radius 3 is 2.38 bits per heavy atom. The maximum Gasteiger partial charge on any atom is 0.237 e. The van der Waals surface area contributed by atoms with E-state index in [9.17, 15) is 14.0 Å². The Labute approximate surface area is 190 Å². The molecule has 3 aromatic rings. The first-order chi connectivity index (χ1) is 15.4. The van der Waals surface area contributed by atoms with Crippen LogP contribution in [0.1, 0.15) is 18.3 Å². The molecule has 3 rings (SSSR count). The molecular formula is C23H24FN5O2S. The van der Waals surface area contributed by atoms with Gasteiger partial charge in [-0.15, -0.1) is 16.8 Å². The fourth-order valence-electron chi connectivity index (χ4n) is 2.82. The molecule has 7 nitrogen and oxygen atoms in total. The van der Waals surface area contributed by atoms with Gasteiger partial charge in [-0.1, -0.05) is 35.5 Å². The second kappa shape index (κ2) is 10.7. The van der Waals surface area contributed by atoms with E-state index in [0.717, 1.165) is 11.3 Å². The molecule has 1 unspecified atom stereocenters. The van der Waals surface area contributed by atoms with Gasteiger partial charge in [0.15, 0.2) is 5.16 Å². The zero-order valence-electron chi connectivity index (χ0n) is 17.8. The molecule has 1 atom stereocenters. The highest BCUT2D eigenvalue weighted by atomic mass is 32.2. The Morgan fingerprint density at radius 2 is 1.72 bits per heavy atom. The molecule has 0 aliphatic heterocycles. The topological polar surface area (TPSA) is 88.9 Å². The second-order valence-electron chi connectivity index (χ2n) is 7.15. The number of anilines is 2. The number of halogens is 1. The van der Waals surface area contributed by atoms with Gasteiger partial charge < -0.3 is 15.2 Å². The van der Waals surface area contributed by atoms with Crippen LogP contribution in [-0.4, -0.2) is 31.8 Å². The average Bonchev–Trinajstić information content (AvgIpc) is 3.12. The lowest BCUT2D eigenvalue weighted by Gasteiger charge is -2.13. The van der Waals surface area contributed by atoms with Gasteiger partial charge in [0.1, 0.15) is 11.6 Å². The molecule has 2 N–H and O–H groups in total. The zero-order chi connectivity index (χ0) is 23.1. The van der Waals surface area contributed by atoms with Gasteiger partial charge in [-0.3, -0.25) is 9.59 Å².